The van der Waals surface area contributed by atoms with Crippen LogP contribution in [0.3, 0.4) is 0 Å². The maximum Gasteiger partial charge on any atom is 0.416 e. The second-order valence-electron chi connectivity index (χ2n) is 5.12. The zero-order valence-electron chi connectivity index (χ0n) is 12.7. The van der Waals surface area contributed by atoms with E-state index in [-0.39, 0.29) is 24.8 Å². The summed E-state index contributed by atoms with van der Waals surface area (Å²) < 4.78 is 10.3. The van der Waals surface area contributed by atoms with Gasteiger partial charge in [-0.3, -0.25) is 4.79 Å². The Morgan fingerprint density at radius 1 is 1.30 bits per heavy atom. The Balaban J connectivity index is 1.64. The predicted molar refractivity (Wildman–Crippen MR) is 83.0 cm³/mol. The number of amides is 2. The van der Waals surface area contributed by atoms with Gasteiger partial charge >= 0.3 is 6.09 Å². The number of cyclic esters (lactones) is 1. The highest BCUT2D eigenvalue weighted by Crippen LogP contribution is 2.25. The van der Waals surface area contributed by atoms with E-state index < -0.39 is 6.09 Å². The van der Waals surface area contributed by atoms with Gasteiger partial charge in [-0.25, -0.2) is 9.69 Å². The van der Waals surface area contributed by atoms with Crippen LogP contribution in [0.2, 0.25) is 0 Å². The van der Waals surface area contributed by atoms with E-state index in [4.69, 9.17) is 9.15 Å². The molecule has 0 atom stereocenters. The number of hydrogen-bond acceptors (Lipinski definition) is 7. The number of rotatable bonds is 4. The first-order valence-electron chi connectivity index (χ1n) is 7.05. The molecule has 0 spiro atoms. The third-order valence-corrected chi connectivity index (χ3v) is 4.34. The van der Waals surface area contributed by atoms with Crippen LogP contribution in [0, 0.1) is 13.8 Å². The van der Waals surface area contributed by atoms with Gasteiger partial charge in [0.2, 0.25) is 11.8 Å². The van der Waals surface area contributed by atoms with Crippen molar-refractivity contribution in [2.24, 2.45) is 0 Å². The van der Waals surface area contributed by atoms with E-state index in [0.29, 0.717) is 11.1 Å². The summed E-state index contributed by atoms with van der Waals surface area (Å²) in [6.07, 6.45) is -0.600. The second-order valence-corrected chi connectivity index (χ2v) is 6.05. The number of carbonyl (C=O) groups is 2. The largest absolute Gasteiger partial charge is 0.447 e. The number of benzene rings is 1. The number of hydrogen-bond donors (Lipinski definition) is 0. The fourth-order valence-electron chi connectivity index (χ4n) is 2.08. The lowest BCUT2D eigenvalue weighted by Crippen LogP contribution is -2.32. The Bertz CT molecular complexity index is 759. The van der Waals surface area contributed by atoms with Crippen molar-refractivity contribution in [2.75, 3.05) is 18.9 Å². The lowest BCUT2D eigenvalue weighted by atomic mass is 10.1. The fourth-order valence-corrected chi connectivity index (χ4v) is 2.72. The van der Waals surface area contributed by atoms with Crippen LogP contribution >= 0.6 is 11.8 Å². The number of imide groups is 1. The van der Waals surface area contributed by atoms with Crippen LogP contribution in [0.15, 0.2) is 27.8 Å². The van der Waals surface area contributed by atoms with E-state index in [1.54, 1.807) is 0 Å². The highest BCUT2D eigenvalue weighted by molar-refractivity contribution is 7.99. The average Bonchev–Trinajstić information content (AvgIpc) is 3.16. The quantitative estimate of drug-likeness (QED) is 0.794. The summed E-state index contributed by atoms with van der Waals surface area (Å²) in [4.78, 5) is 24.3. The van der Waals surface area contributed by atoms with E-state index >= 15 is 0 Å². The van der Waals surface area contributed by atoms with Gasteiger partial charge in [-0.15, -0.1) is 10.2 Å². The van der Waals surface area contributed by atoms with Crippen LogP contribution in [0.1, 0.15) is 11.1 Å². The van der Waals surface area contributed by atoms with Crippen LogP contribution in [0.4, 0.5) is 4.79 Å². The Hall–Kier alpha value is -2.35. The van der Waals surface area contributed by atoms with Crippen LogP contribution in [0.5, 0.6) is 0 Å². The van der Waals surface area contributed by atoms with Gasteiger partial charge in [0.1, 0.15) is 6.61 Å². The highest BCUT2D eigenvalue weighted by Gasteiger charge is 2.28. The van der Waals surface area contributed by atoms with Crippen molar-refractivity contribution in [3.8, 4) is 11.5 Å². The monoisotopic (exact) mass is 333 g/mol. The van der Waals surface area contributed by atoms with Gasteiger partial charge in [-0.2, -0.15) is 0 Å². The minimum atomic E-state index is -0.600. The number of aromatic nitrogens is 2. The van der Waals surface area contributed by atoms with Crippen LogP contribution in [-0.4, -0.2) is 46.0 Å². The predicted octanol–water partition coefficient (Wildman–Crippen LogP) is 2.42. The number of carbonyl (C=O) groups excluding carboxylic acids is 2. The van der Waals surface area contributed by atoms with Crippen molar-refractivity contribution < 1.29 is 18.7 Å². The molecular formula is C15H15N3O4S. The molecule has 1 saturated heterocycles. The number of ether oxygens (including phenoxy) is 1. The van der Waals surface area contributed by atoms with E-state index in [1.807, 2.05) is 32.0 Å². The molecule has 7 nitrogen and oxygen atoms in total. The van der Waals surface area contributed by atoms with Crippen molar-refractivity contribution in [2.45, 2.75) is 19.1 Å². The van der Waals surface area contributed by atoms with E-state index in [9.17, 15) is 9.59 Å². The van der Waals surface area contributed by atoms with Gasteiger partial charge in [0, 0.05) is 5.56 Å². The van der Waals surface area contributed by atoms with Crippen molar-refractivity contribution in [3.63, 3.8) is 0 Å². The molecule has 3 rings (SSSR count). The first-order chi connectivity index (χ1) is 11.0. The number of thioether (sulfide) groups is 1. The second kappa shape index (κ2) is 6.41. The zero-order chi connectivity index (χ0) is 16.4. The molecule has 2 amide bonds. The van der Waals surface area contributed by atoms with E-state index in [0.717, 1.165) is 27.8 Å². The molecule has 0 saturated carbocycles. The van der Waals surface area contributed by atoms with E-state index in [2.05, 4.69) is 10.2 Å². The first kappa shape index (κ1) is 15.5. The smallest absolute Gasteiger partial charge is 0.416 e. The van der Waals surface area contributed by atoms with Gasteiger partial charge < -0.3 is 9.15 Å². The topological polar surface area (TPSA) is 85.5 Å². The Morgan fingerprint density at radius 3 is 2.83 bits per heavy atom. The Labute approximate surface area is 137 Å². The van der Waals surface area contributed by atoms with Crippen LogP contribution in [0.25, 0.3) is 11.5 Å². The highest BCUT2D eigenvalue weighted by atomic mass is 32.2. The van der Waals surface area contributed by atoms with Gasteiger partial charge in [-0.1, -0.05) is 17.8 Å². The molecule has 1 aliphatic rings. The molecular weight excluding hydrogens is 318 g/mol. The minimum absolute atomic E-state index is 0.0453. The van der Waals surface area contributed by atoms with Crippen molar-refractivity contribution >= 4 is 23.8 Å². The molecule has 8 heteroatoms. The Kier molecular flexibility index (Phi) is 4.33. The lowest BCUT2D eigenvalue weighted by molar-refractivity contribution is -0.125. The maximum absolute atomic E-state index is 11.9. The van der Waals surface area contributed by atoms with Crippen LogP contribution < -0.4 is 0 Å². The van der Waals surface area contributed by atoms with Crippen LogP contribution in [-0.2, 0) is 9.53 Å². The number of aryl methyl sites for hydroxylation is 2. The van der Waals surface area contributed by atoms with Crippen molar-refractivity contribution in [1.29, 1.82) is 0 Å². The van der Waals surface area contributed by atoms with Gasteiger partial charge in [0.25, 0.3) is 5.22 Å². The third kappa shape index (κ3) is 3.37. The SMILES string of the molecule is Cc1ccc(-c2nnc(SCC(=O)N3CCOC3=O)o2)cc1C. The molecule has 0 N–H and O–H groups in total. The normalized spacial score (nSPS) is 14.2. The lowest BCUT2D eigenvalue weighted by Gasteiger charge is -2.08. The summed E-state index contributed by atoms with van der Waals surface area (Å²) in [6.45, 7) is 4.57. The maximum atomic E-state index is 11.9. The van der Waals surface area contributed by atoms with E-state index in [1.165, 1.54) is 5.56 Å². The minimum Gasteiger partial charge on any atom is -0.447 e. The molecule has 23 heavy (non-hydrogen) atoms. The molecule has 2 aromatic rings. The zero-order valence-corrected chi connectivity index (χ0v) is 13.6. The molecule has 1 aromatic carbocycles. The Morgan fingerprint density at radius 2 is 2.13 bits per heavy atom. The molecule has 1 aromatic heterocycles. The van der Waals surface area contributed by atoms with Crippen molar-refractivity contribution in [3.05, 3.63) is 29.3 Å². The standard InChI is InChI=1S/C15H15N3O4S/c1-9-3-4-11(7-10(9)2)13-16-17-14(22-13)23-8-12(19)18-5-6-21-15(18)20/h3-4,7H,5-6,8H2,1-2H3. The molecule has 0 radical (unpaired) electrons. The average molecular weight is 333 g/mol. The fraction of sp³-hybridized carbons (Fsp3) is 0.333. The number of nitrogens with zero attached hydrogens (tertiary/aromatic N) is 3. The van der Waals surface area contributed by atoms with Gasteiger partial charge in [-0.05, 0) is 37.1 Å². The summed E-state index contributed by atoms with van der Waals surface area (Å²) in [6, 6.07) is 5.88. The molecule has 0 unspecified atom stereocenters. The molecule has 0 aliphatic carbocycles. The van der Waals surface area contributed by atoms with Crippen molar-refractivity contribution in [1.82, 2.24) is 15.1 Å². The molecule has 1 fully saturated rings. The summed E-state index contributed by atoms with van der Waals surface area (Å²) in [5.74, 6) is 0.121. The first-order valence-corrected chi connectivity index (χ1v) is 8.04. The summed E-state index contributed by atoms with van der Waals surface area (Å²) >= 11 is 1.10. The third-order valence-electron chi connectivity index (χ3n) is 3.54. The van der Waals surface area contributed by atoms with Gasteiger partial charge in [0.05, 0.1) is 12.3 Å². The molecule has 120 valence electrons. The summed E-state index contributed by atoms with van der Waals surface area (Å²) in [5, 5.41) is 8.21. The molecule has 1 aliphatic heterocycles. The molecule has 0 bridgehead atoms. The summed E-state index contributed by atoms with van der Waals surface area (Å²) in [5.41, 5.74) is 3.16. The van der Waals surface area contributed by atoms with Gasteiger partial charge in [0.15, 0.2) is 0 Å². The summed E-state index contributed by atoms with van der Waals surface area (Å²) in [7, 11) is 0. The molecule has 2 heterocycles.